The maximum Gasteiger partial charge on any atom is 0.0461 e. The van der Waals surface area contributed by atoms with Crippen LogP contribution in [0.1, 0.15) is 76.0 Å². The normalized spacial score (nSPS) is 11.0. The molecule has 0 bridgehead atoms. The van der Waals surface area contributed by atoms with Gasteiger partial charge in [-0.1, -0.05) is 51.6 Å². The second-order valence-electron chi connectivity index (χ2n) is 5.69. The average molecular weight is 296 g/mol. The molecule has 1 aromatic carbocycles. The van der Waals surface area contributed by atoms with Gasteiger partial charge < -0.3 is 5.73 Å². The lowest BCUT2D eigenvalue weighted by atomic mass is 9.89. The van der Waals surface area contributed by atoms with E-state index in [9.17, 15) is 0 Å². The Labute approximate surface area is 129 Å². The number of hydrogen-bond donors (Lipinski definition) is 1. The topological polar surface area (TPSA) is 26.0 Å². The molecule has 0 radical (unpaired) electrons. The van der Waals surface area contributed by atoms with Crippen molar-refractivity contribution in [1.29, 1.82) is 0 Å². The van der Waals surface area contributed by atoms with Gasteiger partial charge >= 0.3 is 0 Å². The zero-order chi connectivity index (χ0) is 15.0. The van der Waals surface area contributed by atoms with Crippen LogP contribution < -0.4 is 5.73 Å². The third kappa shape index (κ3) is 4.70. The fourth-order valence-electron chi connectivity index (χ4n) is 2.74. The van der Waals surface area contributed by atoms with Crippen LogP contribution in [-0.2, 0) is 19.3 Å². The molecule has 20 heavy (non-hydrogen) atoms. The highest BCUT2D eigenvalue weighted by Gasteiger charge is 2.15. The van der Waals surface area contributed by atoms with Crippen LogP contribution in [0, 0.1) is 0 Å². The van der Waals surface area contributed by atoms with Crippen LogP contribution in [0.5, 0.6) is 0 Å². The predicted molar refractivity (Wildman–Crippen MR) is 91.7 cm³/mol. The van der Waals surface area contributed by atoms with E-state index < -0.39 is 0 Å². The second-order valence-corrected chi connectivity index (χ2v) is 6.10. The predicted octanol–water partition coefficient (Wildman–Crippen LogP) is 5.95. The minimum absolute atomic E-state index is 0.877. The highest BCUT2D eigenvalue weighted by molar-refractivity contribution is 6.31. The van der Waals surface area contributed by atoms with Crippen LogP contribution in [0.2, 0.25) is 5.02 Å². The Morgan fingerprint density at radius 2 is 1.25 bits per heavy atom. The van der Waals surface area contributed by atoms with E-state index in [-0.39, 0.29) is 0 Å². The second kappa shape index (κ2) is 9.28. The molecule has 0 unspecified atom stereocenters. The van der Waals surface area contributed by atoms with Crippen molar-refractivity contribution in [3.05, 3.63) is 27.8 Å². The molecule has 0 aliphatic rings. The number of anilines is 1. The molecule has 0 heterocycles. The van der Waals surface area contributed by atoms with Gasteiger partial charge in [-0.2, -0.15) is 0 Å². The van der Waals surface area contributed by atoms with E-state index in [2.05, 4.69) is 20.8 Å². The Kier molecular flexibility index (Phi) is 8.06. The van der Waals surface area contributed by atoms with Crippen LogP contribution in [-0.4, -0.2) is 0 Å². The lowest BCUT2D eigenvalue weighted by Gasteiger charge is -2.19. The summed E-state index contributed by atoms with van der Waals surface area (Å²) in [6.45, 7) is 6.70. The van der Waals surface area contributed by atoms with Gasteiger partial charge in [0.05, 0.1) is 0 Å². The average Bonchev–Trinajstić information content (AvgIpc) is 2.43. The fourth-order valence-corrected chi connectivity index (χ4v) is 3.07. The maximum absolute atomic E-state index is 6.48. The summed E-state index contributed by atoms with van der Waals surface area (Å²) in [5, 5.41) is 0.877. The van der Waals surface area contributed by atoms with Crippen LogP contribution in [0.4, 0.5) is 5.69 Å². The summed E-state index contributed by atoms with van der Waals surface area (Å²) in [6, 6.07) is 1.98. The molecule has 1 nitrogen and oxygen atoms in total. The van der Waals surface area contributed by atoms with Gasteiger partial charge in [0.25, 0.3) is 0 Å². The van der Waals surface area contributed by atoms with Crippen molar-refractivity contribution in [3.63, 3.8) is 0 Å². The van der Waals surface area contributed by atoms with Crippen LogP contribution in [0.25, 0.3) is 0 Å². The summed E-state index contributed by atoms with van der Waals surface area (Å²) in [7, 11) is 0. The molecular formula is C18H30ClN. The first-order chi connectivity index (χ1) is 9.65. The zero-order valence-electron chi connectivity index (χ0n) is 13.4. The summed E-state index contributed by atoms with van der Waals surface area (Å²) in [5.41, 5.74) is 11.3. The number of nitrogen functional groups attached to an aromatic ring is 1. The Bertz CT molecular complexity index is 380. The quantitative estimate of drug-likeness (QED) is 0.560. The minimum Gasteiger partial charge on any atom is -0.398 e. The van der Waals surface area contributed by atoms with E-state index in [4.69, 9.17) is 17.3 Å². The smallest absolute Gasteiger partial charge is 0.0461 e. The van der Waals surface area contributed by atoms with E-state index in [1.807, 2.05) is 6.07 Å². The van der Waals surface area contributed by atoms with E-state index in [0.29, 0.717) is 0 Å². The number of benzene rings is 1. The molecule has 0 amide bonds. The third-order valence-electron chi connectivity index (χ3n) is 3.99. The molecule has 114 valence electrons. The zero-order valence-corrected chi connectivity index (χ0v) is 14.2. The van der Waals surface area contributed by atoms with E-state index >= 15 is 0 Å². The molecular weight excluding hydrogens is 266 g/mol. The van der Waals surface area contributed by atoms with Crippen molar-refractivity contribution in [3.8, 4) is 0 Å². The fraction of sp³-hybridized carbons (Fsp3) is 0.667. The van der Waals surface area contributed by atoms with Gasteiger partial charge in [-0.25, -0.2) is 0 Å². The highest BCUT2D eigenvalue weighted by Crippen LogP contribution is 2.32. The molecule has 0 saturated carbocycles. The molecule has 2 N–H and O–H groups in total. The third-order valence-corrected chi connectivity index (χ3v) is 4.33. The Balaban J connectivity index is 3.16. The molecule has 0 aliphatic heterocycles. The van der Waals surface area contributed by atoms with E-state index in [1.54, 1.807) is 0 Å². The molecule has 0 aromatic heterocycles. The maximum atomic E-state index is 6.48. The summed E-state index contributed by atoms with van der Waals surface area (Å²) in [5.74, 6) is 0. The van der Waals surface area contributed by atoms with E-state index in [0.717, 1.165) is 30.0 Å². The van der Waals surface area contributed by atoms with Crippen molar-refractivity contribution >= 4 is 17.3 Å². The van der Waals surface area contributed by atoms with Crippen LogP contribution >= 0.6 is 11.6 Å². The summed E-state index contributed by atoms with van der Waals surface area (Å²) >= 11 is 6.48. The molecule has 0 aliphatic carbocycles. The minimum atomic E-state index is 0.877. The SMILES string of the molecule is CCCCc1c(N)cc(Cl)c(CCCC)c1CCCC. The number of unbranched alkanes of at least 4 members (excludes halogenated alkanes) is 3. The van der Waals surface area contributed by atoms with Gasteiger partial charge in [0.1, 0.15) is 0 Å². The highest BCUT2D eigenvalue weighted by atomic mass is 35.5. The van der Waals surface area contributed by atoms with Gasteiger partial charge in [-0.3, -0.25) is 0 Å². The Morgan fingerprint density at radius 3 is 1.75 bits per heavy atom. The largest absolute Gasteiger partial charge is 0.398 e. The molecule has 1 rings (SSSR count). The van der Waals surface area contributed by atoms with Crippen molar-refractivity contribution in [2.24, 2.45) is 0 Å². The molecule has 2 heteroatoms. The number of hydrogen-bond acceptors (Lipinski definition) is 1. The van der Waals surface area contributed by atoms with Crippen molar-refractivity contribution in [2.45, 2.75) is 78.6 Å². The summed E-state index contributed by atoms with van der Waals surface area (Å²) in [6.07, 6.45) is 10.6. The van der Waals surface area contributed by atoms with Crippen molar-refractivity contribution in [1.82, 2.24) is 0 Å². The molecule has 0 atom stereocenters. The van der Waals surface area contributed by atoms with Crippen molar-refractivity contribution < 1.29 is 0 Å². The summed E-state index contributed by atoms with van der Waals surface area (Å²) in [4.78, 5) is 0. The van der Waals surface area contributed by atoms with Crippen molar-refractivity contribution in [2.75, 3.05) is 5.73 Å². The van der Waals surface area contributed by atoms with Gasteiger partial charge in [-0.05, 0) is 61.3 Å². The van der Waals surface area contributed by atoms with Crippen LogP contribution in [0.3, 0.4) is 0 Å². The Hall–Kier alpha value is -0.690. The lowest BCUT2D eigenvalue weighted by Crippen LogP contribution is -2.06. The summed E-state index contributed by atoms with van der Waals surface area (Å²) < 4.78 is 0. The standard InChI is InChI=1S/C18H30ClN/c1-4-7-10-14-15(11-8-5-2)17(19)13-18(20)16(14)12-9-6-3/h13H,4-12,20H2,1-3H3. The number of rotatable bonds is 9. The van der Waals surface area contributed by atoms with E-state index in [1.165, 1.54) is 55.2 Å². The first-order valence-electron chi connectivity index (χ1n) is 8.24. The monoisotopic (exact) mass is 295 g/mol. The lowest BCUT2D eigenvalue weighted by molar-refractivity contribution is 0.736. The van der Waals surface area contributed by atoms with Gasteiger partial charge in [0, 0.05) is 10.7 Å². The Morgan fingerprint density at radius 1 is 0.800 bits per heavy atom. The molecule has 0 spiro atoms. The van der Waals surface area contributed by atoms with Gasteiger partial charge in [0.2, 0.25) is 0 Å². The number of halogens is 1. The number of nitrogens with two attached hydrogens (primary N) is 1. The van der Waals surface area contributed by atoms with Crippen LogP contribution in [0.15, 0.2) is 6.07 Å². The first-order valence-corrected chi connectivity index (χ1v) is 8.61. The first kappa shape index (κ1) is 17.4. The van der Waals surface area contributed by atoms with Gasteiger partial charge in [-0.15, -0.1) is 0 Å². The molecule has 1 aromatic rings. The molecule has 0 saturated heterocycles. The molecule has 0 fully saturated rings. The van der Waals surface area contributed by atoms with Gasteiger partial charge in [0.15, 0.2) is 0 Å².